The van der Waals surface area contributed by atoms with Crippen molar-refractivity contribution >= 4 is 5.69 Å². The summed E-state index contributed by atoms with van der Waals surface area (Å²) in [5.74, 6) is 0.554. The van der Waals surface area contributed by atoms with Crippen molar-refractivity contribution in [3.63, 3.8) is 0 Å². The molecule has 3 aromatic rings. The zero-order valence-electron chi connectivity index (χ0n) is 13.2. The lowest BCUT2D eigenvalue weighted by molar-refractivity contribution is -0.384. The first-order valence-corrected chi connectivity index (χ1v) is 7.48. The molecule has 1 heterocycles. The summed E-state index contributed by atoms with van der Waals surface area (Å²) in [6.45, 7) is 1.42. The molecule has 7 nitrogen and oxygen atoms in total. The maximum Gasteiger partial charge on any atom is 0.269 e. The second-order valence-corrected chi connectivity index (χ2v) is 5.55. The van der Waals surface area contributed by atoms with Crippen LogP contribution < -0.4 is 0 Å². The highest BCUT2D eigenvalue weighted by Crippen LogP contribution is 2.19. The monoisotopic (exact) mass is 323 g/mol. The van der Waals surface area contributed by atoms with E-state index in [0.717, 1.165) is 12.1 Å². The highest BCUT2D eigenvalue weighted by molar-refractivity contribution is 5.56. The van der Waals surface area contributed by atoms with Crippen molar-refractivity contribution in [2.75, 3.05) is 7.05 Å². The van der Waals surface area contributed by atoms with E-state index in [1.165, 1.54) is 17.7 Å². The van der Waals surface area contributed by atoms with E-state index in [4.69, 9.17) is 0 Å². The Balaban J connectivity index is 1.65. The molecule has 0 spiro atoms. The lowest BCUT2D eigenvalue weighted by atomic mass is 10.2. The molecule has 3 rings (SSSR count). The number of hydrogen-bond donors (Lipinski definition) is 0. The topological polar surface area (TPSA) is 77.1 Å². The molecule has 0 atom stereocenters. The number of nitrogens with zero attached hydrogens (tertiary/aromatic N) is 5. The summed E-state index contributed by atoms with van der Waals surface area (Å²) in [7, 11) is 2.01. The molecule has 0 fully saturated rings. The quantitative estimate of drug-likeness (QED) is 0.515. The lowest BCUT2D eigenvalue weighted by Gasteiger charge is -2.16. The van der Waals surface area contributed by atoms with Gasteiger partial charge in [-0.3, -0.25) is 15.0 Å². The van der Waals surface area contributed by atoms with Gasteiger partial charge in [-0.1, -0.05) is 30.3 Å². The Morgan fingerprint density at radius 1 is 1.12 bits per heavy atom. The molecule has 0 N–H and O–H groups in total. The fourth-order valence-electron chi connectivity index (χ4n) is 2.42. The third-order valence-corrected chi connectivity index (χ3v) is 3.55. The first-order chi connectivity index (χ1) is 11.6. The van der Waals surface area contributed by atoms with Gasteiger partial charge in [0.1, 0.15) is 6.33 Å². The highest BCUT2D eigenvalue weighted by atomic mass is 16.6. The second-order valence-electron chi connectivity index (χ2n) is 5.55. The highest BCUT2D eigenvalue weighted by Gasteiger charge is 2.09. The second kappa shape index (κ2) is 7.01. The Labute approximate surface area is 139 Å². The van der Waals surface area contributed by atoms with Crippen LogP contribution in [0.1, 0.15) is 5.56 Å². The van der Waals surface area contributed by atoms with Gasteiger partial charge in [0.2, 0.25) is 0 Å². The molecular formula is C17H17N5O2. The summed E-state index contributed by atoms with van der Waals surface area (Å²) < 4.78 is 1.75. The van der Waals surface area contributed by atoms with Gasteiger partial charge in [0.15, 0.2) is 5.82 Å². The van der Waals surface area contributed by atoms with Crippen LogP contribution >= 0.6 is 0 Å². The molecule has 0 aliphatic carbocycles. The number of benzene rings is 2. The van der Waals surface area contributed by atoms with Crippen LogP contribution in [0.25, 0.3) is 11.4 Å². The smallest absolute Gasteiger partial charge is 0.269 e. The molecule has 0 saturated carbocycles. The van der Waals surface area contributed by atoms with Crippen LogP contribution in [-0.2, 0) is 13.2 Å². The van der Waals surface area contributed by atoms with E-state index in [2.05, 4.69) is 27.1 Å². The van der Waals surface area contributed by atoms with Gasteiger partial charge >= 0.3 is 0 Å². The van der Waals surface area contributed by atoms with E-state index in [1.807, 2.05) is 25.2 Å². The third-order valence-electron chi connectivity index (χ3n) is 3.55. The fourth-order valence-corrected chi connectivity index (χ4v) is 2.42. The first-order valence-electron chi connectivity index (χ1n) is 7.48. The zero-order chi connectivity index (χ0) is 16.9. The SMILES string of the molecule is CN(Cc1ccccc1)Cn1cnc(-c2ccc([N+](=O)[O-])cc2)n1. The van der Waals surface area contributed by atoms with Crippen molar-refractivity contribution in [1.29, 1.82) is 0 Å². The molecule has 122 valence electrons. The van der Waals surface area contributed by atoms with Crippen LogP contribution in [0.4, 0.5) is 5.69 Å². The van der Waals surface area contributed by atoms with Crippen LogP contribution in [0, 0.1) is 10.1 Å². The zero-order valence-corrected chi connectivity index (χ0v) is 13.2. The summed E-state index contributed by atoms with van der Waals surface area (Å²) in [5.41, 5.74) is 2.04. The largest absolute Gasteiger partial charge is 0.283 e. The van der Waals surface area contributed by atoms with Crippen LogP contribution in [-0.4, -0.2) is 31.6 Å². The van der Waals surface area contributed by atoms with Gasteiger partial charge in [-0.15, -0.1) is 5.10 Å². The van der Waals surface area contributed by atoms with Crippen molar-refractivity contribution < 1.29 is 4.92 Å². The summed E-state index contributed by atoms with van der Waals surface area (Å²) >= 11 is 0. The molecule has 0 unspecified atom stereocenters. The third kappa shape index (κ3) is 3.82. The van der Waals surface area contributed by atoms with Crippen molar-refractivity contribution in [3.8, 4) is 11.4 Å². The molecule has 0 radical (unpaired) electrons. The first kappa shape index (κ1) is 15.8. The molecule has 0 bridgehead atoms. The molecule has 0 amide bonds. The summed E-state index contributed by atoms with van der Waals surface area (Å²) in [6.07, 6.45) is 1.66. The maximum atomic E-state index is 10.7. The molecule has 0 aliphatic rings. The predicted molar refractivity (Wildman–Crippen MR) is 90.0 cm³/mol. The standard InChI is InChI=1S/C17H17N5O2/c1-20(11-14-5-3-2-4-6-14)13-21-12-18-17(19-21)15-7-9-16(10-8-15)22(23)24/h2-10,12H,11,13H2,1H3. The van der Waals surface area contributed by atoms with Crippen LogP contribution in [0.3, 0.4) is 0 Å². The van der Waals surface area contributed by atoms with Gasteiger partial charge in [0, 0.05) is 24.2 Å². The molecule has 0 saturated heterocycles. The lowest BCUT2D eigenvalue weighted by Crippen LogP contribution is -2.21. The summed E-state index contributed by atoms with van der Waals surface area (Å²) in [4.78, 5) is 16.7. The molecule has 0 aliphatic heterocycles. The molecular weight excluding hydrogens is 306 g/mol. The van der Waals surface area contributed by atoms with Crippen molar-refractivity contribution in [2.45, 2.75) is 13.2 Å². The Bertz CT molecular complexity index is 815. The minimum atomic E-state index is -0.422. The van der Waals surface area contributed by atoms with E-state index in [9.17, 15) is 10.1 Å². The van der Waals surface area contributed by atoms with Gasteiger partial charge in [-0.05, 0) is 24.7 Å². The van der Waals surface area contributed by atoms with Gasteiger partial charge in [0.05, 0.1) is 11.6 Å². The van der Waals surface area contributed by atoms with Gasteiger partial charge in [0.25, 0.3) is 5.69 Å². The van der Waals surface area contributed by atoms with Crippen molar-refractivity contribution in [1.82, 2.24) is 19.7 Å². The van der Waals surface area contributed by atoms with Gasteiger partial charge in [-0.2, -0.15) is 0 Å². The fraction of sp³-hybridized carbons (Fsp3) is 0.176. The predicted octanol–water partition coefficient (Wildman–Crippen LogP) is 2.94. The number of nitro groups is 1. The average molecular weight is 323 g/mol. The Morgan fingerprint density at radius 3 is 2.50 bits per heavy atom. The van der Waals surface area contributed by atoms with Crippen LogP contribution in [0.2, 0.25) is 0 Å². The number of non-ortho nitro benzene ring substituents is 1. The van der Waals surface area contributed by atoms with E-state index < -0.39 is 4.92 Å². The normalized spacial score (nSPS) is 10.9. The number of aromatic nitrogens is 3. The van der Waals surface area contributed by atoms with Crippen LogP contribution in [0.5, 0.6) is 0 Å². The molecule has 2 aromatic carbocycles. The van der Waals surface area contributed by atoms with Crippen molar-refractivity contribution in [3.05, 3.63) is 76.6 Å². The minimum absolute atomic E-state index is 0.0563. The van der Waals surface area contributed by atoms with E-state index in [0.29, 0.717) is 12.5 Å². The molecule has 1 aromatic heterocycles. The Kier molecular flexibility index (Phi) is 4.62. The van der Waals surface area contributed by atoms with Crippen molar-refractivity contribution in [2.24, 2.45) is 0 Å². The maximum absolute atomic E-state index is 10.7. The number of hydrogen-bond acceptors (Lipinski definition) is 5. The van der Waals surface area contributed by atoms with Gasteiger partial charge < -0.3 is 0 Å². The summed E-state index contributed by atoms with van der Waals surface area (Å²) in [5, 5.41) is 15.1. The van der Waals surface area contributed by atoms with E-state index >= 15 is 0 Å². The van der Waals surface area contributed by atoms with E-state index in [-0.39, 0.29) is 5.69 Å². The minimum Gasteiger partial charge on any atom is -0.283 e. The van der Waals surface area contributed by atoms with E-state index in [1.54, 1.807) is 23.1 Å². The number of rotatable bonds is 6. The average Bonchev–Trinajstić information content (AvgIpc) is 3.04. The van der Waals surface area contributed by atoms with Crippen LogP contribution in [0.15, 0.2) is 60.9 Å². The summed E-state index contributed by atoms with van der Waals surface area (Å²) in [6, 6.07) is 16.4. The molecule has 7 heteroatoms. The van der Waals surface area contributed by atoms with Gasteiger partial charge in [-0.25, -0.2) is 9.67 Å². The number of nitro benzene ring substituents is 1. The Hall–Kier alpha value is -3.06. The Morgan fingerprint density at radius 2 is 1.83 bits per heavy atom. The molecule has 24 heavy (non-hydrogen) atoms.